The van der Waals surface area contributed by atoms with Crippen LogP contribution in [0.1, 0.15) is 36.0 Å². The molecule has 4 nitrogen and oxygen atoms in total. The van der Waals surface area contributed by atoms with Gasteiger partial charge in [0.25, 0.3) is 5.91 Å². The summed E-state index contributed by atoms with van der Waals surface area (Å²) in [4.78, 5) is 16.1. The minimum atomic E-state index is -0.138. The van der Waals surface area contributed by atoms with Crippen LogP contribution < -0.4 is 10.6 Å². The number of aromatic nitrogens is 1. The van der Waals surface area contributed by atoms with Gasteiger partial charge < -0.3 is 10.6 Å². The molecule has 1 saturated carbocycles. The summed E-state index contributed by atoms with van der Waals surface area (Å²) in [5.41, 5.74) is 2.42. The fraction of sp³-hybridized carbons (Fsp3) is 0.294. The molecule has 0 atom stereocenters. The molecular weight excluding hydrogens is 262 g/mol. The molecule has 0 bridgehead atoms. The van der Waals surface area contributed by atoms with Crippen LogP contribution in [0.4, 0.5) is 11.4 Å². The average Bonchev–Trinajstić information content (AvgIpc) is 3.01. The molecule has 108 valence electrons. The fourth-order valence-corrected chi connectivity index (χ4v) is 2.69. The summed E-state index contributed by atoms with van der Waals surface area (Å²) in [5, 5.41) is 6.44. The van der Waals surface area contributed by atoms with Crippen molar-refractivity contribution in [1.82, 2.24) is 4.98 Å². The number of carbonyl (C=O) groups excluding carboxylic acids is 1. The molecular formula is C17H19N3O. The number of benzene rings is 1. The maximum absolute atomic E-state index is 12.1. The van der Waals surface area contributed by atoms with Crippen LogP contribution in [0.15, 0.2) is 48.8 Å². The largest absolute Gasteiger partial charge is 0.382 e. The van der Waals surface area contributed by atoms with Crippen LogP contribution in [0.2, 0.25) is 0 Å². The van der Waals surface area contributed by atoms with Crippen molar-refractivity contribution in [3.8, 4) is 0 Å². The van der Waals surface area contributed by atoms with E-state index in [0.717, 1.165) is 11.4 Å². The number of nitrogens with zero attached hydrogens (tertiary/aromatic N) is 1. The number of pyridine rings is 1. The van der Waals surface area contributed by atoms with Crippen LogP contribution in [0.25, 0.3) is 0 Å². The summed E-state index contributed by atoms with van der Waals surface area (Å²) >= 11 is 0. The average molecular weight is 281 g/mol. The van der Waals surface area contributed by atoms with Gasteiger partial charge in [0.05, 0.1) is 5.56 Å². The highest BCUT2D eigenvalue weighted by Gasteiger charge is 2.14. The molecule has 4 heteroatoms. The molecule has 21 heavy (non-hydrogen) atoms. The third kappa shape index (κ3) is 3.60. The summed E-state index contributed by atoms with van der Waals surface area (Å²) in [6.45, 7) is 0. The van der Waals surface area contributed by atoms with Gasteiger partial charge in [0.2, 0.25) is 0 Å². The van der Waals surface area contributed by atoms with Gasteiger partial charge in [-0.1, -0.05) is 18.9 Å². The molecule has 2 aromatic rings. The van der Waals surface area contributed by atoms with Crippen LogP contribution in [-0.2, 0) is 0 Å². The van der Waals surface area contributed by atoms with Crippen molar-refractivity contribution in [2.24, 2.45) is 0 Å². The Morgan fingerprint density at radius 1 is 1.10 bits per heavy atom. The highest BCUT2D eigenvalue weighted by atomic mass is 16.1. The first-order chi connectivity index (χ1) is 10.3. The van der Waals surface area contributed by atoms with E-state index < -0.39 is 0 Å². The molecule has 0 radical (unpaired) electrons. The third-order valence-electron chi connectivity index (χ3n) is 3.77. The van der Waals surface area contributed by atoms with Crippen LogP contribution >= 0.6 is 0 Å². The molecule has 2 N–H and O–H groups in total. The third-order valence-corrected chi connectivity index (χ3v) is 3.77. The number of carbonyl (C=O) groups is 1. The second kappa shape index (κ2) is 6.39. The molecule has 1 heterocycles. The van der Waals surface area contributed by atoms with Crippen molar-refractivity contribution in [2.75, 3.05) is 10.6 Å². The number of nitrogens with one attached hydrogen (secondary N) is 2. The smallest absolute Gasteiger partial charge is 0.257 e. The standard InChI is InChI=1S/C17H19N3O/c21-17(13-5-4-10-18-12-13)20-16-9-3-8-15(11-16)19-14-6-1-2-7-14/h3-5,8-12,14,19H,1-2,6-7H2,(H,20,21). The van der Waals surface area contributed by atoms with Gasteiger partial charge in [0, 0.05) is 29.8 Å². The lowest BCUT2D eigenvalue weighted by atomic mass is 10.2. The topological polar surface area (TPSA) is 54.0 Å². The van der Waals surface area contributed by atoms with Gasteiger partial charge in [-0.2, -0.15) is 0 Å². The lowest BCUT2D eigenvalue weighted by Crippen LogP contribution is -2.15. The second-order valence-electron chi connectivity index (χ2n) is 5.40. The molecule has 0 aliphatic heterocycles. The number of amides is 1. The van der Waals surface area contributed by atoms with Crippen LogP contribution in [0, 0.1) is 0 Å². The van der Waals surface area contributed by atoms with Crippen molar-refractivity contribution in [1.29, 1.82) is 0 Å². The maximum Gasteiger partial charge on any atom is 0.257 e. The molecule has 1 aliphatic carbocycles. The van der Waals surface area contributed by atoms with Crippen molar-refractivity contribution in [2.45, 2.75) is 31.7 Å². The van der Waals surface area contributed by atoms with E-state index in [1.165, 1.54) is 25.7 Å². The van der Waals surface area contributed by atoms with Crippen LogP contribution in [0.5, 0.6) is 0 Å². The lowest BCUT2D eigenvalue weighted by Gasteiger charge is -2.14. The van der Waals surface area contributed by atoms with Gasteiger partial charge in [-0.3, -0.25) is 9.78 Å². The monoisotopic (exact) mass is 281 g/mol. The Morgan fingerprint density at radius 3 is 2.67 bits per heavy atom. The molecule has 0 unspecified atom stereocenters. The van der Waals surface area contributed by atoms with E-state index in [2.05, 4.69) is 15.6 Å². The van der Waals surface area contributed by atoms with Gasteiger partial charge in [0.1, 0.15) is 0 Å². The molecule has 1 aliphatic rings. The van der Waals surface area contributed by atoms with Gasteiger partial charge in [-0.15, -0.1) is 0 Å². The molecule has 1 aromatic carbocycles. The SMILES string of the molecule is O=C(Nc1cccc(NC2CCCC2)c1)c1cccnc1. The first kappa shape index (κ1) is 13.6. The van der Waals surface area contributed by atoms with Gasteiger partial charge in [-0.05, 0) is 43.2 Å². The summed E-state index contributed by atoms with van der Waals surface area (Å²) in [7, 11) is 0. The Hall–Kier alpha value is -2.36. The zero-order chi connectivity index (χ0) is 14.5. The maximum atomic E-state index is 12.1. The van der Waals surface area contributed by atoms with Gasteiger partial charge in [0.15, 0.2) is 0 Å². The van der Waals surface area contributed by atoms with E-state index >= 15 is 0 Å². The summed E-state index contributed by atoms with van der Waals surface area (Å²) in [5.74, 6) is -0.138. The fourth-order valence-electron chi connectivity index (χ4n) is 2.69. The number of anilines is 2. The molecule has 0 saturated heterocycles. The summed E-state index contributed by atoms with van der Waals surface area (Å²) in [6, 6.07) is 11.9. The Bertz CT molecular complexity index is 606. The number of rotatable bonds is 4. The minimum Gasteiger partial charge on any atom is -0.382 e. The Morgan fingerprint density at radius 2 is 1.90 bits per heavy atom. The van der Waals surface area contributed by atoms with E-state index in [9.17, 15) is 4.79 Å². The molecule has 1 aromatic heterocycles. The van der Waals surface area contributed by atoms with Crippen LogP contribution in [-0.4, -0.2) is 16.9 Å². The molecule has 1 fully saturated rings. The Labute approximate surface area is 124 Å². The number of hydrogen-bond acceptors (Lipinski definition) is 3. The predicted molar refractivity (Wildman–Crippen MR) is 84.5 cm³/mol. The first-order valence-corrected chi connectivity index (χ1v) is 7.39. The van der Waals surface area contributed by atoms with Crippen molar-refractivity contribution < 1.29 is 4.79 Å². The van der Waals surface area contributed by atoms with Gasteiger partial charge >= 0.3 is 0 Å². The van der Waals surface area contributed by atoms with Gasteiger partial charge in [-0.25, -0.2) is 0 Å². The summed E-state index contributed by atoms with van der Waals surface area (Å²) in [6.07, 6.45) is 8.28. The van der Waals surface area contributed by atoms with E-state index in [4.69, 9.17) is 0 Å². The molecule has 3 rings (SSSR count). The predicted octanol–water partition coefficient (Wildman–Crippen LogP) is 3.69. The van der Waals surface area contributed by atoms with Crippen molar-refractivity contribution in [3.63, 3.8) is 0 Å². The van der Waals surface area contributed by atoms with E-state index in [0.29, 0.717) is 11.6 Å². The Balaban J connectivity index is 1.66. The summed E-state index contributed by atoms with van der Waals surface area (Å²) < 4.78 is 0. The highest BCUT2D eigenvalue weighted by molar-refractivity contribution is 6.04. The normalized spacial score (nSPS) is 14.9. The quantitative estimate of drug-likeness (QED) is 0.898. The highest BCUT2D eigenvalue weighted by Crippen LogP contribution is 2.23. The van der Waals surface area contributed by atoms with E-state index in [1.54, 1.807) is 24.5 Å². The first-order valence-electron chi connectivity index (χ1n) is 7.39. The molecule has 1 amide bonds. The van der Waals surface area contributed by atoms with Crippen molar-refractivity contribution >= 4 is 17.3 Å². The zero-order valence-electron chi connectivity index (χ0n) is 11.9. The minimum absolute atomic E-state index is 0.138. The number of hydrogen-bond donors (Lipinski definition) is 2. The van der Waals surface area contributed by atoms with Crippen LogP contribution in [0.3, 0.4) is 0 Å². The van der Waals surface area contributed by atoms with E-state index in [-0.39, 0.29) is 5.91 Å². The zero-order valence-corrected chi connectivity index (χ0v) is 11.9. The lowest BCUT2D eigenvalue weighted by molar-refractivity contribution is 0.102. The Kier molecular flexibility index (Phi) is 4.15. The molecule has 0 spiro atoms. The van der Waals surface area contributed by atoms with E-state index in [1.807, 2.05) is 24.3 Å². The van der Waals surface area contributed by atoms with Crippen molar-refractivity contribution in [3.05, 3.63) is 54.4 Å². The second-order valence-corrected chi connectivity index (χ2v) is 5.40.